The molecule has 1 atom stereocenters. The third-order valence-electron chi connectivity index (χ3n) is 1.38. The van der Waals surface area contributed by atoms with Crippen LogP contribution in [-0.4, -0.2) is 11.2 Å². The van der Waals surface area contributed by atoms with Crippen LogP contribution >= 0.6 is 0 Å². The Labute approximate surface area is 49.0 Å². The van der Waals surface area contributed by atoms with Gasteiger partial charge in [-0.2, -0.15) is 0 Å². The number of rotatable bonds is 0. The van der Waals surface area contributed by atoms with E-state index in [1.54, 1.807) is 0 Å². The summed E-state index contributed by atoms with van der Waals surface area (Å²) in [6.07, 6.45) is 4.28. The zero-order chi connectivity index (χ0) is 5.98. The summed E-state index contributed by atoms with van der Waals surface area (Å²) in [6, 6.07) is 0. The summed E-state index contributed by atoms with van der Waals surface area (Å²) >= 11 is 0. The summed E-state index contributed by atoms with van der Waals surface area (Å²) in [6.45, 7) is 0. The Balaban J connectivity index is 2.45. The van der Waals surface area contributed by atoms with Crippen molar-refractivity contribution < 1.29 is 5.11 Å². The van der Waals surface area contributed by atoms with Crippen LogP contribution in [0.15, 0.2) is 11.8 Å². The second kappa shape index (κ2) is 2.18. The van der Waals surface area contributed by atoms with Crippen LogP contribution in [-0.2, 0) is 0 Å². The molecule has 0 aromatic carbocycles. The van der Waals surface area contributed by atoms with E-state index >= 15 is 0 Å². The van der Waals surface area contributed by atoms with Gasteiger partial charge in [-0.1, -0.05) is 6.08 Å². The molecule has 2 heteroatoms. The summed E-state index contributed by atoms with van der Waals surface area (Å²) in [4.78, 5) is 0. The molecule has 0 saturated carbocycles. The van der Waals surface area contributed by atoms with Crippen molar-refractivity contribution in [3.8, 4) is 0 Å². The Bertz CT molecular complexity index is 109. The molecule has 0 bridgehead atoms. The topological polar surface area (TPSA) is 46.2 Å². The Hall–Kier alpha value is -0.500. The molecule has 2 nitrogen and oxygen atoms in total. The third kappa shape index (κ3) is 1.23. The van der Waals surface area contributed by atoms with E-state index in [0.717, 1.165) is 18.5 Å². The van der Waals surface area contributed by atoms with Crippen molar-refractivity contribution in [2.45, 2.75) is 25.4 Å². The molecule has 1 rings (SSSR count). The lowest BCUT2D eigenvalue weighted by Crippen LogP contribution is -2.15. The van der Waals surface area contributed by atoms with Gasteiger partial charge in [0, 0.05) is 12.1 Å². The fourth-order valence-electron chi connectivity index (χ4n) is 0.919. The van der Waals surface area contributed by atoms with E-state index in [1.807, 2.05) is 6.08 Å². The Morgan fingerprint density at radius 3 is 2.88 bits per heavy atom. The maximum Gasteiger partial charge on any atom is 0.0597 e. The average Bonchev–Trinajstić information content (AvgIpc) is 1.64. The molecule has 1 aliphatic rings. The molecule has 8 heavy (non-hydrogen) atoms. The lowest BCUT2D eigenvalue weighted by atomic mass is 10.0. The minimum absolute atomic E-state index is 0.181. The first-order valence-electron chi connectivity index (χ1n) is 2.91. The van der Waals surface area contributed by atoms with Gasteiger partial charge in [-0.15, -0.1) is 0 Å². The SMILES string of the molecule is NC1=CCCC(O)C1. The second-order valence-corrected chi connectivity index (χ2v) is 2.21. The van der Waals surface area contributed by atoms with Gasteiger partial charge in [-0.25, -0.2) is 0 Å². The molecule has 1 aliphatic carbocycles. The minimum Gasteiger partial charge on any atom is -0.402 e. The second-order valence-electron chi connectivity index (χ2n) is 2.21. The minimum atomic E-state index is -0.181. The molecule has 0 aromatic heterocycles. The van der Waals surface area contributed by atoms with Crippen molar-refractivity contribution in [2.75, 3.05) is 0 Å². The van der Waals surface area contributed by atoms with Crippen LogP contribution in [0.3, 0.4) is 0 Å². The zero-order valence-corrected chi connectivity index (χ0v) is 4.80. The highest BCUT2D eigenvalue weighted by molar-refractivity contribution is 5.01. The number of aliphatic hydroxyl groups excluding tert-OH is 1. The van der Waals surface area contributed by atoms with Gasteiger partial charge in [0.2, 0.25) is 0 Å². The van der Waals surface area contributed by atoms with E-state index in [2.05, 4.69) is 0 Å². The Morgan fingerprint density at radius 1 is 1.75 bits per heavy atom. The molecule has 0 radical (unpaired) electrons. The van der Waals surface area contributed by atoms with Crippen LogP contribution in [0.25, 0.3) is 0 Å². The molecular weight excluding hydrogens is 102 g/mol. The van der Waals surface area contributed by atoms with E-state index in [9.17, 15) is 0 Å². The van der Waals surface area contributed by atoms with Crippen molar-refractivity contribution >= 4 is 0 Å². The molecular formula is C6H11NO. The van der Waals surface area contributed by atoms with Crippen molar-refractivity contribution in [1.82, 2.24) is 0 Å². The van der Waals surface area contributed by atoms with Gasteiger partial charge >= 0.3 is 0 Å². The van der Waals surface area contributed by atoms with Crippen LogP contribution in [0, 0.1) is 0 Å². The molecule has 0 fully saturated rings. The normalized spacial score (nSPS) is 29.6. The largest absolute Gasteiger partial charge is 0.402 e. The first kappa shape index (κ1) is 5.63. The lowest BCUT2D eigenvalue weighted by molar-refractivity contribution is 0.160. The summed E-state index contributed by atoms with van der Waals surface area (Å²) in [5, 5.41) is 8.96. The monoisotopic (exact) mass is 113 g/mol. The summed E-state index contributed by atoms with van der Waals surface area (Å²) in [5.41, 5.74) is 6.26. The smallest absolute Gasteiger partial charge is 0.0597 e. The van der Waals surface area contributed by atoms with E-state index in [1.165, 1.54) is 0 Å². The highest BCUT2D eigenvalue weighted by atomic mass is 16.3. The zero-order valence-electron chi connectivity index (χ0n) is 4.80. The van der Waals surface area contributed by atoms with Gasteiger partial charge in [0.15, 0.2) is 0 Å². The predicted octanol–water partition coefficient (Wildman–Crippen LogP) is 0.374. The van der Waals surface area contributed by atoms with Gasteiger partial charge in [0.25, 0.3) is 0 Å². The molecule has 3 N–H and O–H groups in total. The van der Waals surface area contributed by atoms with Gasteiger partial charge in [-0.05, 0) is 12.8 Å². The summed E-state index contributed by atoms with van der Waals surface area (Å²) in [7, 11) is 0. The standard InChI is InChI=1S/C6H11NO/c7-5-2-1-3-6(8)4-5/h2,6,8H,1,3-4,7H2. The molecule has 46 valence electrons. The van der Waals surface area contributed by atoms with Gasteiger partial charge < -0.3 is 10.8 Å². The van der Waals surface area contributed by atoms with Crippen molar-refractivity contribution in [1.29, 1.82) is 0 Å². The first-order chi connectivity index (χ1) is 3.79. The van der Waals surface area contributed by atoms with Gasteiger partial charge in [-0.3, -0.25) is 0 Å². The highest BCUT2D eigenvalue weighted by Crippen LogP contribution is 2.13. The van der Waals surface area contributed by atoms with Crippen molar-refractivity contribution in [3.63, 3.8) is 0 Å². The van der Waals surface area contributed by atoms with E-state index in [0.29, 0.717) is 6.42 Å². The van der Waals surface area contributed by atoms with Crippen molar-refractivity contribution in [3.05, 3.63) is 11.8 Å². The number of aliphatic hydroxyl groups is 1. The maximum absolute atomic E-state index is 8.96. The first-order valence-corrected chi connectivity index (χ1v) is 2.91. The van der Waals surface area contributed by atoms with E-state index < -0.39 is 0 Å². The molecule has 0 amide bonds. The van der Waals surface area contributed by atoms with E-state index in [-0.39, 0.29) is 6.10 Å². The quantitative estimate of drug-likeness (QED) is 0.477. The molecule has 0 saturated heterocycles. The van der Waals surface area contributed by atoms with Crippen LogP contribution < -0.4 is 5.73 Å². The predicted molar refractivity (Wildman–Crippen MR) is 32.1 cm³/mol. The highest BCUT2D eigenvalue weighted by Gasteiger charge is 2.08. The fraction of sp³-hybridized carbons (Fsp3) is 0.667. The molecule has 0 spiro atoms. The lowest BCUT2D eigenvalue weighted by Gasteiger charge is -2.13. The molecule has 0 heterocycles. The average molecular weight is 113 g/mol. The number of allylic oxidation sites excluding steroid dienone is 1. The van der Waals surface area contributed by atoms with E-state index in [4.69, 9.17) is 10.8 Å². The summed E-state index contributed by atoms with van der Waals surface area (Å²) < 4.78 is 0. The third-order valence-corrected chi connectivity index (χ3v) is 1.38. The van der Waals surface area contributed by atoms with Gasteiger partial charge in [0.1, 0.15) is 0 Å². The maximum atomic E-state index is 8.96. The fourth-order valence-corrected chi connectivity index (χ4v) is 0.919. The van der Waals surface area contributed by atoms with Crippen LogP contribution in [0.5, 0.6) is 0 Å². The molecule has 0 aliphatic heterocycles. The molecule has 0 aromatic rings. The molecule has 1 unspecified atom stereocenters. The Morgan fingerprint density at radius 2 is 2.50 bits per heavy atom. The number of hydrogen-bond donors (Lipinski definition) is 2. The van der Waals surface area contributed by atoms with Crippen LogP contribution in [0.4, 0.5) is 0 Å². The van der Waals surface area contributed by atoms with Crippen LogP contribution in [0.2, 0.25) is 0 Å². The number of nitrogens with two attached hydrogens (primary N) is 1. The van der Waals surface area contributed by atoms with Gasteiger partial charge in [0.05, 0.1) is 6.10 Å². The Kier molecular flexibility index (Phi) is 1.53. The number of hydrogen-bond acceptors (Lipinski definition) is 2. The van der Waals surface area contributed by atoms with Crippen molar-refractivity contribution in [2.24, 2.45) is 5.73 Å². The summed E-state index contributed by atoms with van der Waals surface area (Å²) in [5.74, 6) is 0. The van der Waals surface area contributed by atoms with Crippen LogP contribution in [0.1, 0.15) is 19.3 Å².